The second-order valence-corrected chi connectivity index (χ2v) is 25.1. The molecule has 2 aliphatic carbocycles. The van der Waals surface area contributed by atoms with Crippen molar-refractivity contribution in [1.29, 1.82) is 0 Å². The molecule has 2 heterocycles. The minimum atomic E-state index is -0.112. The van der Waals surface area contributed by atoms with Crippen molar-refractivity contribution in [1.82, 2.24) is 0 Å². The van der Waals surface area contributed by atoms with Crippen LogP contribution in [-0.2, 0) is 10.8 Å². The van der Waals surface area contributed by atoms with Crippen LogP contribution in [-0.4, -0.2) is 0 Å². The van der Waals surface area contributed by atoms with Gasteiger partial charge in [0.05, 0.1) is 0 Å². The van der Waals surface area contributed by atoms with Crippen LogP contribution in [0.15, 0.2) is 255 Å². The van der Waals surface area contributed by atoms with Crippen molar-refractivity contribution < 1.29 is 0 Å². The fraction of sp³-hybridized carbons (Fsp3) is 0.0789. The van der Waals surface area contributed by atoms with Gasteiger partial charge >= 0.3 is 0 Å². The lowest BCUT2D eigenvalue weighted by Gasteiger charge is -2.28. The van der Waals surface area contributed by atoms with Crippen molar-refractivity contribution in [2.75, 3.05) is 9.80 Å². The smallest absolute Gasteiger partial charge is 0.0476 e. The third-order valence-electron chi connectivity index (χ3n) is 17.6. The molecule has 0 aliphatic heterocycles. The summed E-state index contributed by atoms with van der Waals surface area (Å²) < 4.78 is 5.17. The van der Waals surface area contributed by atoms with E-state index in [4.69, 9.17) is 0 Å². The van der Waals surface area contributed by atoms with Gasteiger partial charge in [0, 0.05) is 85.3 Å². The summed E-state index contributed by atoms with van der Waals surface area (Å²) in [5, 5.41) is 7.71. The summed E-state index contributed by atoms with van der Waals surface area (Å²) in [6.45, 7) is 9.47. The van der Waals surface area contributed by atoms with Crippen molar-refractivity contribution in [2.24, 2.45) is 0 Å². The second-order valence-electron chi connectivity index (χ2n) is 22.9. The van der Waals surface area contributed by atoms with Gasteiger partial charge in [-0.15, -0.1) is 22.7 Å². The average molecular weight is 1060 g/mol. The number of hydrogen-bond donors (Lipinski definition) is 0. The van der Waals surface area contributed by atoms with Crippen molar-refractivity contribution in [3.63, 3.8) is 0 Å². The van der Waals surface area contributed by atoms with Crippen molar-refractivity contribution in [3.8, 4) is 44.5 Å². The molecule has 2 nitrogen and oxygen atoms in total. The van der Waals surface area contributed by atoms with Gasteiger partial charge in [-0.1, -0.05) is 185 Å². The molecule has 80 heavy (non-hydrogen) atoms. The largest absolute Gasteiger partial charge is 0.310 e. The van der Waals surface area contributed by atoms with E-state index in [1.54, 1.807) is 0 Å². The van der Waals surface area contributed by atoms with Gasteiger partial charge in [-0.05, 0) is 175 Å². The zero-order valence-corrected chi connectivity index (χ0v) is 46.6. The Kier molecular flexibility index (Phi) is 10.4. The van der Waals surface area contributed by atoms with E-state index in [0.29, 0.717) is 0 Å². The Bertz CT molecular complexity index is 4510. The summed E-state index contributed by atoms with van der Waals surface area (Å²) >= 11 is 3.79. The molecule has 2 aliphatic rings. The van der Waals surface area contributed by atoms with Crippen molar-refractivity contribution in [2.45, 2.75) is 38.5 Å². The predicted octanol–water partition coefficient (Wildman–Crippen LogP) is 22.5. The van der Waals surface area contributed by atoms with E-state index in [1.165, 1.54) is 118 Å². The molecule has 0 spiro atoms. The lowest BCUT2D eigenvalue weighted by molar-refractivity contribution is 0.660. The molecule has 16 rings (SSSR count). The maximum absolute atomic E-state index is 2.45. The first kappa shape index (κ1) is 47.0. The van der Waals surface area contributed by atoms with Crippen LogP contribution in [0.2, 0.25) is 0 Å². The Balaban J connectivity index is 0.782. The average Bonchev–Trinajstić information content (AvgIpc) is 4.32. The van der Waals surface area contributed by atoms with Gasteiger partial charge in [-0.3, -0.25) is 0 Å². The lowest BCUT2D eigenvalue weighted by atomic mass is 9.82. The maximum Gasteiger partial charge on any atom is 0.0476 e. The van der Waals surface area contributed by atoms with E-state index < -0.39 is 0 Å². The summed E-state index contributed by atoms with van der Waals surface area (Å²) in [6.07, 6.45) is 0. The minimum Gasteiger partial charge on any atom is -0.310 e. The summed E-state index contributed by atoms with van der Waals surface area (Å²) in [5.41, 5.74) is 22.3. The Morgan fingerprint density at radius 2 is 0.575 bits per heavy atom. The van der Waals surface area contributed by atoms with Gasteiger partial charge in [-0.2, -0.15) is 0 Å². The van der Waals surface area contributed by atoms with E-state index in [0.717, 1.165) is 34.1 Å². The molecule has 0 fully saturated rings. The number of nitrogens with zero attached hydrogens (tertiary/aromatic N) is 2. The van der Waals surface area contributed by atoms with Gasteiger partial charge < -0.3 is 9.80 Å². The Hall–Kier alpha value is -9.06. The molecule has 2 aromatic heterocycles. The molecule has 0 amide bonds. The zero-order chi connectivity index (χ0) is 53.4. The summed E-state index contributed by atoms with van der Waals surface area (Å²) in [6, 6.07) is 95.5. The van der Waals surface area contributed by atoms with Gasteiger partial charge in [-0.25, -0.2) is 0 Å². The molecule has 380 valence electrons. The van der Waals surface area contributed by atoms with Crippen LogP contribution in [0.25, 0.3) is 95.6 Å². The standard InChI is InChI=1S/C76H54N2S2/c1-75(2)67-21-13-11-19-59(67)61-35-31-55(43-69(61)75)77(53-27-23-49(24-28-53)47-15-7-5-8-16-47)57-33-37-63-65-39-51-40-66-64-38-34-58(46-74(64)80-72(66)42-52(51)41-71(65)79-73(63)45-57)78(54-29-25-50(26-30-54)48-17-9-6-10-18-48)56-32-36-62-60-20-12-14-22-68(60)76(3,4)70(62)44-56/h5-46H,1-4H3. The van der Waals surface area contributed by atoms with Gasteiger partial charge in [0.15, 0.2) is 0 Å². The first-order valence-electron chi connectivity index (χ1n) is 27.8. The van der Waals surface area contributed by atoms with E-state index in [2.05, 4.69) is 292 Å². The molecule has 0 bridgehead atoms. The van der Waals surface area contributed by atoms with Crippen molar-refractivity contribution >= 4 is 108 Å². The number of fused-ring (bicyclic) bond motifs is 13. The van der Waals surface area contributed by atoms with Crippen LogP contribution >= 0.6 is 22.7 Å². The molecule has 4 heteroatoms. The summed E-state index contributed by atoms with van der Waals surface area (Å²) in [4.78, 5) is 4.90. The first-order chi connectivity index (χ1) is 39.1. The summed E-state index contributed by atoms with van der Waals surface area (Å²) in [7, 11) is 0. The van der Waals surface area contributed by atoms with Gasteiger partial charge in [0.25, 0.3) is 0 Å². The first-order valence-corrected chi connectivity index (χ1v) is 29.4. The third-order valence-corrected chi connectivity index (χ3v) is 19.9. The topological polar surface area (TPSA) is 6.48 Å². The normalized spacial score (nSPS) is 13.7. The van der Waals surface area contributed by atoms with Gasteiger partial charge in [0.1, 0.15) is 0 Å². The van der Waals surface area contributed by atoms with E-state index >= 15 is 0 Å². The number of hydrogen-bond acceptors (Lipinski definition) is 4. The Morgan fingerprint density at radius 1 is 0.250 bits per heavy atom. The Morgan fingerprint density at radius 3 is 1.01 bits per heavy atom. The second kappa shape index (κ2) is 17.7. The molecule has 0 N–H and O–H groups in total. The fourth-order valence-electron chi connectivity index (χ4n) is 13.5. The number of rotatable bonds is 8. The van der Waals surface area contributed by atoms with Crippen LogP contribution in [0.3, 0.4) is 0 Å². The van der Waals surface area contributed by atoms with E-state index in [-0.39, 0.29) is 10.8 Å². The highest BCUT2D eigenvalue weighted by Gasteiger charge is 2.37. The number of anilines is 6. The summed E-state index contributed by atoms with van der Waals surface area (Å²) in [5.74, 6) is 0. The number of benzene rings is 12. The highest BCUT2D eigenvalue weighted by Crippen LogP contribution is 2.53. The molecule has 0 unspecified atom stereocenters. The highest BCUT2D eigenvalue weighted by molar-refractivity contribution is 7.26. The molecule has 0 radical (unpaired) electrons. The lowest BCUT2D eigenvalue weighted by Crippen LogP contribution is -2.16. The van der Waals surface area contributed by atoms with Crippen molar-refractivity contribution in [3.05, 3.63) is 277 Å². The van der Waals surface area contributed by atoms with Crippen LogP contribution in [0.5, 0.6) is 0 Å². The molecule has 14 aromatic rings. The molecule has 12 aromatic carbocycles. The predicted molar refractivity (Wildman–Crippen MR) is 345 cm³/mol. The van der Waals surface area contributed by atoms with Crippen LogP contribution in [0, 0.1) is 0 Å². The van der Waals surface area contributed by atoms with Crippen LogP contribution in [0.4, 0.5) is 34.1 Å². The molecule has 0 saturated heterocycles. The van der Waals surface area contributed by atoms with E-state index in [9.17, 15) is 0 Å². The third kappa shape index (κ3) is 7.29. The Labute approximate surface area is 474 Å². The molecular formula is C76H54N2S2. The minimum absolute atomic E-state index is 0.112. The molecule has 0 atom stereocenters. The van der Waals surface area contributed by atoms with Crippen LogP contribution in [0.1, 0.15) is 49.9 Å². The fourth-order valence-corrected chi connectivity index (χ4v) is 15.8. The van der Waals surface area contributed by atoms with E-state index in [1.807, 2.05) is 22.7 Å². The van der Waals surface area contributed by atoms with Gasteiger partial charge in [0.2, 0.25) is 0 Å². The zero-order valence-electron chi connectivity index (χ0n) is 45.0. The van der Waals surface area contributed by atoms with Crippen LogP contribution < -0.4 is 9.80 Å². The SMILES string of the molecule is CC1(C)c2ccccc2-c2ccc(N(c3ccc(-c4ccccc4)cc3)c3ccc4c(c3)sc3cc5cc6sc7cc(N(c8ccc(-c9ccccc9)cc8)c8ccc9c(c8)C(C)(C)c8ccccc8-9)ccc7c6cc5cc34)cc21. The maximum atomic E-state index is 2.45. The number of thiophene rings is 2. The molecular weight excluding hydrogens is 1000 g/mol. The molecule has 0 saturated carbocycles. The highest BCUT2D eigenvalue weighted by atomic mass is 32.1. The quantitative estimate of drug-likeness (QED) is 0.150. The monoisotopic (exact) mass is 1060 g/mol.